The summed E-state index contributed by atoms with van der Waals surface area (Å²) in [5.41, 5.74) is 3.41. The average molecular weight is 464 g/mol. The van der Waals surface area contributed by atoms with Crippen LogP contribution in [0.4, 0.5) is 5.95 Å². The Morgan fingerprint density at radius 2 is 1.97 bits per heavy atom. The number of aromatic nitrogens is 2. The number of ether oxygens (including phenoxy) is 1. The lowest BCUT2D eigenvalue weighted by Gasteiger charge is -2.42. The van der Waals surface area contributed by atoms with Crippen molar-refractivity contribution in [1.82, 2.24) is 19.8 Å². The summed E-state index contributed by atoms with van der Waals surface area (Å²) >= 11 is 0. The van der Waals surface area contributed by atoms with E-state index in [9.17, 15) is 4.79 Å². The van der Waals surface area contributed by atoms with Crippen LogP contribution in [0.3, 0.4) is 0 Å². The van der Waals surface area contributed by atoms with E-state index in [1.807, 2.05) is 12.3 Å². The first-order valence-corrected chi connectivity index (χ1v) is 12.8. The maximum atomic E-state index is 13.9. The molecule has 0 bridgehead atoms. The van der Waals surface area contributed by atoms with Crippen molar-refractivity contribution in [3.8, 4) is 0 Å². The van der Waals surface area contributed by atoms with E-state index >= 15 is 0 Å². The Hall–Kier alpha value is -2.51. The quantitative estimate of drug-likeness (QED) is 0.734. The second kappa shape index (κ2) is 10.4. The molecule has 1 aromatic heterocycles. The van der Waals surface area contributed by atoms with Crippen molar-refractivity contribution < 1.29 is 9.53 Å². The summed E-state index contributed by atoms with van der Waals surface area (Å²) in [6, 6.07) is 10.7. The van der Waals surface area contributed by atoms with Gasteiger partial charge in [-0.25, -0.2) is 9.97 Å². The smallest absolute Gasteiger partial charge is 0.227 e. The Morgan fingerprint density at radius 1 is 1.18 bits per heavy atom. The van der Waals surface area contributed by atoms with Crippen molar-refractivity contribution in [2.24, 2.45) is 11.8 Å². The van der Waals surface area contributed by atoms with Crippen molar-refractivity contribution in [2.45, 2.75) is 51.1 Å². The summed E-state index contributed by atoms with van der Waals surface area (Å²) < 4.78 is 5.46. The van der Waals surface area contributed by atoms with Gasteiger partial charge in [0.25, 0.3) is 0 Å². The maximum Gasteiger partial charge on any atom is 0.227 e. The lowest BCUT2D eigenvalue weighted by Crippen LogP contribution is -2.50. The Labute approximate surface area is 202 Å². The molecule has 0 aliphatic carbocycles. The van der Waals surface area contributed by atoms with E-state index in [-0.39, 0.29) is 23.8 Å². The summed E-state index contributed by atoms with van der Waals surface area (Å²) in [5, 5.41) is 3.43. The number of hydrogen-bond acceptors (Lipinski definition) is 6. The van der Waals surface area contributed by atoms with Crippen molar-refractivity contribution in [3.05, 3.63) is 53.3 Å². The standard InChI is InChI=1S/C27H37N5O2/c1-19-14-22-16-29-27(28-15-20-9-12-34-13-10-20)30-25(22)18-32(19)26(33)23-8-11-31(2)17-24(23)21-6-4-3-5-7-21/h3-7,16,19-20,23-24H,8-15,17-18H2,1-2H3,(H,28,29,30)/t19-,23+,24-/m1/s1. The van der Waals surface area contributed by atoms with E-state index in [4.69, 9.17) is 9.72 Å². The number of rotatable bonds is 5. The summed E-state index contributed by atoms with van der Waals surface area (Å²) in [6.45, 7) is 7.15. The first-order valence-electron chi connectivity index (χ1n) is 12.8. The molecule has 7 nitrogen and oxygen atoms in total. The monoisotopic (exact) mass is 463 g/mol. The average Bonchev–Trinajstić information content (AvgIpc) is 2.88. The SMILES string of the molecule is C[C@@H]1Cc2cnc(NCC3CCOCC3)nc2CN1C(=O)[C@H]1CCN(C)C[C@@H]1c1ccccc1. The molecule has 1 aromatic carbocycles. The third kappa shape index (κ3) is 5.10. The number of benzene rings is 1. The molecule has 7 heteroatoms. The normalized spacial score (nSPS) is 26.2. The number of hydrogen-bond donors (Lipinski definition) is 1. The minimum absolute atomic E-state index is 0.00977. The number of likely N-dealkylation sites (tertiary alicyclic amines) is 1. The van der Waals surface area contributed by atoms with Crippen LogP contribution in [-0.4, -0.2) is 71.6 Å². The zero-order valence-corrected chi connectivity index (χ0v) is 20.4. The van der Waals surface area contributed by atoms with Crippen LogP contribution in [0.5, 0.6) is 0 Å². The zero-order valence-electron chi connectivity index (χ0n) is 20.4. The Bertz CT molecular complexity index is 978. The van der Waals surface area contributed by atoms with Gasteiger partial charge in [-0.05, 0) is 63.2 Å². The molecule has 3 aliphatic heterocycles. The number of carbonyl (C=O) groups excluding carboxylic acids is 1. The molecule has 34 heavy (non-hydrogen) atoms. The van der Waals surface area contributed by atoms with Gasteiger partial charge in [0.05, 0.1) is 12.2 Å². The van der Waals surface area contributed by atoms with Gasteiger partial charge in [0, 0.05) is 50.4 Å². The van der Waals surface area contributed by atoms with Crippen LogP contribution in [0, 0.1) is 11.8 Å². The highest BCUT2D eigenvalue weighted by molar-refractivity contribution is 5.80. The molecule has 0 unspecified atom stereocenters. The van der Waals surface area contributed by atoms with E-state index in [1.54, 1.807) is 0 Å². The first-order chi connectivity index (χ1) is 16.6. The van der Waals surface area contributed by atoms with Crippen molar-refractivity contribution in [2.75, 3.05) is 45.2 Å². The van der Waals surface area contributed by atoms with Gasteiger partial charge >= 0.3 is 0 Å². The van der Waals surface area contributed by atoms with Crippen LogP contribution in [0.2, 0.25) is 0 Å². The molecule has 3 atom stereocenters. The number of likely N-dealkylation sites (N-methyl/N-ethyl adjacent to an activating group) is 1. The highest BCUT2D eigenvalue weighted by atomic mass is 16.5. The number of anilines is 1. The highest BCUT2D eigenvalue weighted by Gasteiger charge is 2.39. The largest absolute Gasteiger partial charge is 0.381 e. The minimum Gasteiger partial charge on any atom is -0.381 e. The zero-order chi connectivity index (χ0) is 23.5. The second-order valence-electron chi connectivity index (χ2n) is 10.3. The number of carbonyl (C=O) groups is 1. The number of nitrogens with one attached hydrogen (secondary N) is 1. The number of amides is 1. The number of fused-ring (bicyclic) bond motifs is 1. The Kier molecular flexibility index (Phi) is 7.11. The maximum absolute atomic E-state index is 13.9. The van der Waals surface area contributed by atoms with Crippen LogP contribution >= 0.6 is 0 Å². The fourth-order valence-corrected chi connectivity index (χ4v) is 5.72. The lowest BCUT2D eigenvalue weighted by atomic mass is 9.79. The molecule has 1 N–H and O–H groups in total. The minimum atomic E-state index is 0.00977. The van der Waals surface area contributed by atoms with Crippen LogP contribution in [0.15, 0.2) is 36.5 Å². The molecule has 0 radical (unpaired) electrons. The Morgan fingerprint density at radius 3 is 2.76 bits per heavy atom. The lowest BCUT2D eigenvalue weighted by molar-refractivity contribution is -0.141. The molecule has 2 fully saturated rings. The molecule has 1 amide bonds. The van der Waals surface area contributed by atoms with Gasteiger partial charge in [-0.1, -0.05) is 30.3 Å². The van der Waals surface area contributed by atoms with Crippen LogP contribution in [-0.2, 0) is 22.5 Å². The van der Waals surface area contributed by atoms with Gasteiger partial charge in [-0.2, -0.15) is 0 Å². The molecular weight excluding hydrogens is 426 g/mol. The van der Waals surface area contributed by atoms with E-state index in [0.29, 0.717) is 18.4 Å². The molecular formula is C27H37N5O2. The predicted molar refractivity (Wildman–Crippen MR) is 133 cm³/mol. The third-order valence-corrected chi connectivity index (χ3v) is 7.86. The van der Waals surface area contributed by atoms with E-state index < -0.39 is 0 Å². The Balaban J connectivity index is 1.30. The van der Waals surface area contributed by atoms with Gasteiger partial charge in [0.1, 0.15) is 0 Å². The van der Waals surface area contributed by atoms with Crippen molar-refractivity contribution >= 4 is 11.9 Å². The first kappa shape index (κ1) is 23.2. The van der Waals surface area contributed by atoms with Crippen LogP contribution < -0.4 is 5.32 Å². The molecule has 2 saturated heterocycles. The van der Waals surface area contributed by atoms with Gasteiger partial charge in [0.2, 0.25) is 11.9 Å². The molecule has 3 aliphatic rings. The van der Waals surface area contributed by atoms with Crippen molar-refractivity contribution in [1.29, 1.82) is 0 Å². The predicted octanol–water partition coefficient (Wildman–Crippen LogP) is 3.32. The van der Waals surface area contributed by atoms with Gasteiger partial charge in [-0.3, -0.25) is 4.79 Å². The number of nitrogens with zero attached hydrogens (tertiary/aromatic N) is 4. The topological polar surface area (TPSA) is 70.6 Å². The molecule has 182 valence electrons. The summed E-state index contributed by atoms with van der Waals surface area (Å²) in [6.07, 6.45) is 5.82. The molecule has 0 spiro atoms. The van der Waals surface area contributed by atoms with E-state index in [2.05, 4.69) is 58.3 Å². The fraction of sp³-hybridized carbons (Fsp3) is 0.593. The van der Waals surface area contributed by atoms with Crippen molar-refractivity contribution in [3.63, 3.8) is 0 Å². The fourth-order valence-electron chi connectivity index (χ4n) is 5.72. The summed E-state index contributed by atoms with van der Waals surface area (Å²) in [5.74, 6) is 1.79. The highest BCUT2D eigenvalue weighted by Crippen LogP contribution is 2.35. The van der Waals surface area contributed by atoms with E-state index in [1.165, 1.54) is 5.56 Å². The number of piperidine rings is 1. The second-order valence-corrected chi connectivity index (χ2v) is 10.3. The third-order valence-electron chi connectivity index (χ3n) is 7.86. The van der Waals surface area contributed by atoms with Crippen LogP contribution in [0.25, 0.3) is 0 Å². The van der Waals surface area contributed by atoms with Crippen LogP contribution in [0.1, 0.15) is 48.9 Å². The summed E-state index contributed by atoms with van der Waals surface area (Å²) in [7, 11) is 2.15. The molecule has 0 saturated carbocycles. The summed E-state index contributed by atoms with van der Waals surface area (Å²) in [4.78, 5) is 27.7. The molecule has 2 aromatic rings. The van der Waals surface area contributed by atoms with Gasteiger partial charge in [-0.15, -0.1) is 0 Å². The molecule has 4 heterocycles. The van der Waals surface area contributed by atoms with Gasteiger partial charge < -0.3 is 19.9 Å². The van der Waals surface area contributed by atoms with Gasteiger partial charge in [0.15, 0.2) is 0 Å². The molecule has 5 rings (SSSR count). The van der Waals surface area contributed by atoms with E-state index in [0.717, 1.165) is 69.8 Å².